The van der Waals surface area contributed by atoms with Crippen molar-refractivity contribution in [2.45, 2.75) is 17.9 Å². The van der Waals surface area contributed by atoms with Crippen LogP contribution in [0.4, 0.5) is 8.78 Å². The first kappa shape index (κ1) is 26.1. The van der Waals surface area contributed by atoms with E-state index in [1.54, 1.807) is 6.92 Å². The summed E-state index contributed by atoms with van der Waals surface area (Å²) in [7, 11) is -3.52. The topological polar surface area (TPSA) is 133 Å². The summed E-state index contributed by atoms with van der Waals surface area (Å²) >= 11 is 0. The minimum atomic E-state index is -3.52. The Morgan fingerprint density at radius 3 is 2.15 bits per heavy atom. The van der Waals surface area contributed by atoms with E-state index in [1.807, 2.05) is 0 Å². The van der Waals surface area contributed by atoms with E-state index in [4.69, 9.17) is 20.3 Å². The van der Waals surface area contributed by atoms with E-state index in [9.17, 15) is 26.8 Å². The molecule has 8 nitrogen and oxygen atoms in total. The first-order valence-corrected chi connectivity index (χ1v) is 11.6. The molecule has 178 valence electrons. The number of aliphatic hydroxyl groups is 1. The van der Waals surface area contributed by atoms with Crippen molar-refractivity contribution in [1.29, 1.82) is 0 Å². The maximum Gasteiger partial charge on any atom is 0.339 e. The van der Waals surface area contributed by atoms with E-state index in [0.29, 0.717) is 0 Å². The van der Waals surface area contributed by atoms with Gasteiger partial charge in [-0.25, -0.2) is 22.0 Å². The van der Waals surface area contributed by atoms with E-state index in [2.05, 4.69) is 0 Å². The van der Waals surface area contributed by atoms with Crippen LogP contribution in [0.15, 0.2) is 47.4 Å². The Hall–Kier alpha value is -3.15. The Bertz CT molecular complexity index is 1160. The van der Waals surface area contributed by atoms with Crippen molar-refractivity contribution < 1.29 is 41.4 Å². The second kappa shape index (κ2) is 11.1. The zero-order chi connectivity index (χ0) is 24.8. The van der Waals surface area contributed by atoms with E-state index in [-0.39, 0.29) is 33.8 Å². The van der Waals surface area contributed by atoms with Gasteiger partial charge in [0.2, 0.25) is 0 Å². The standard InChI is InChI=1S/C22H23F2NO7S/c1-3-31-22(28)20(14-6-9-17(23)18(24)10-14)16(12-32-21(27)19(25)11-26)13-4-7-15(8-5-13)33(2,29)30/h4-10,19,26H,3,11-12,25H2,1-2H3/b20-16+/t19-/m0/s1. The van der Waals surface area contributed by atoms with Crippen LogP contribution in [0.1, 0.15) is 18.1 Å². The second-order valence-corrected chi connectivity index (χ2v) is 8.91. The molecule has 0 amide bonds. The summed E-state index contributed by atoms with van der Waals surface area (Å²) in [6.07, 6.45) is 1.02. The molecule has 11 heteroatoms. The van der Waals surface area contributed by atoms with Crippen molar-refractivity contribution in [3.63, 3.8) is 0 Å². The molecular formula is C22H23F2NO7S. The number of halogens is 2. The minimum absolute atomic E-state index is 0.00425. The van der Waals surface area contributed by atoms with Crippen LogP contribution < -0.4 is 5.73 Å². The minimum Gasteiger partial charge on any atom is -0.462 e. The maximum atomic E-state index is 14.0. The number of carbonyl (C=O) groups excluding carboxylic acids is 2. The molecule has 0 saturated carbocycles. The molecule has 0 unspecified atom stereocenters. The van der Waals surface area contributed by atoms with Crippen LogP contribution in [0, 0.1) is 11.6 Å². The summed E-state index contributed by atoms with van der Waals surface area (Å²) in [5.74, 6) is -4.24. The number of hydrogen-bond acceptors (Lipinski definition) is 8. The zero-order valence-corrected chi connectivity index (χ0v) is 18.7. The van der Waals surface area contributed by atoms with Gasteiger partial charge in [-0.05, 0) is 42.3 Å². The first-order chi connectivity index (χ1) is 15.5. The third-order valence-electron chi connectivity index (χ3n) is 4.48. The fourth-order valence-electron chi connectivity index (χ4n) is 2.80. The number of benzene rings is 2. The summed E-state index contributed by atoms with van der Waals surface area (Å²) in [6, 6.07) is 6.70. The number of ether oxygens (including phenoxy) is 2. The fourth-order valence-corrected chi connectivity index (χ4v) is 3.43. The second-order valence-electron chi connectivity index (χ2n) is 6.90. The molecule has 0 aliphatic heterocycles. The molecule has 0 heterocycles. The van der Waals surface area contributed by atoms with Gasteiger partial charge in [-0.3, -0.25) is 4.79 Å². The SMILES string of the molecule is CCOC(=O)/C(=C(\COC(=O)[C@@H](N)CO)c1ccc(S(C)(=O)=O)cc1)c1ccc(F)c(F)c1. The third-order valence-corrected chi connectivity index (χ3v) is 5.61. The van der Waals surface area contributed by atoms with Crippen LogP contribution in [0.5, 0.6) is 0 Å². The average Bonchev–Trinajstić information content (AvgIpc) is 2.77. The number of sulfone groups is 1. The van der Waals surface area contributed by atoms with Crippen LogP contribution in [0.25, 0.3) is 11.1 Å². The van der Waals surface area contributed by atoms with E-state index < -0.39 is 52.7 Å². The van der Waals surface area contributed by atoms with Crippen molar-refractivity contribution in [1.82, 2.24) is 0 Å². The highest BCUT2D eigenvalue weighted by atomic mass is 32.2. The Kier molecular flexibility index (Phi) is 8.80. The van der Waals surface area contributed by atoms with E-state index in [0.717, 1.165) is 24.5 Å². The molecule has 0 aliphatic carbocycles. The third kappa shape index (κ3) is 6.67. The van der Waals surface area contributed by atoms with Gasteiger partial charge < -0.3 is 20.3 Å². The first-order valence-electron chi connectivity index (χ1n) is 9.68. The maximum absolute atomic E-state index is 14.0. The fraction of sp³-hybridized carbons (Fsp3) is 0.273. The van der Waals surface area contributed by atoms with Crippen LogP contribution in [-0.4, -0.2) is 57.6 Å². The molecule has 0 bridgehead atoms. The highest BCUT2D eigenvalue weighted by Gasteiger charge is 2.24. The monoisotopic (exact) mass is 483 g/mol. The molecule has 2 rings (SSSR count). The normalized spacial score (nSPS) is 13.2. The molecule has 0 aromatic heterocycles. The van der Waals surface area contributed by atoms with Crippen molar-refractivity contribution >= 4 is 32.9 Å². The van der Waals surface area contributed by atoms with Gasteiger partial charge in [-0.1, -0.05) is 18.2 Å². The van der Waals surface area contributed by atoms with Gasteiger partial charge in [-0.15, -0.1) is 0 Å². The lowest BCUT2D eigenvalue weighted by Gasteiger charge is -2.17. The van der Waals surface area contributed by atoms with Crippen LogP contribution in [0.3, 0.4) is 0 Å². The van der Waals surface area contributed by atoms with Gasteiger partial charge in [-0.2, -0.15) is 0 Å². The number of rotatable bonds is 9. The van der Waals surface area contributed by atoms with E-state index in [1.165, 1.54) is 24.3 Å². The summed E-state index contributed by atoms with van der Waals surface area (Å²) in [6.45, 7) is 0.260. The number of carbonyl (C=O) groups is 2. The summed E-state index contributed by atoms with van der Waals surface area (Å²) in [5.41, 5.74) is 5.44. The van der Waals surface area contributed by atoms with Gasteiger partial charge in [0.25, 0.3) is 0 Å². The van der Waals surface area contributed by atoms with Gasteiger partial charge in [0.1, 0.15) is 12.6 Å². The molecule has 0 fully saturated rings. The zero-order valence-electron chi connectivity index (χ0n) is 17.9. The molecule has 2 aromatic rings. The van der Waals surface area contributed by atoms with Gasteiger partial charge >= 0.3 is 11.9 Å². The van der Waals surface area contributed by atoms with Crippen molar-refractivity contribution in [3.8, 4) is 0 Å². The Balaban J connectivity index is 2.72. The number of nitrogens with two attached hydrogens (primary N) is 1. The lowest BCUT2D eigenvalue weighted by atomic mass is 9.94. The molecule has 1 atom stereocenters. The Morgan fingerprint density at radius 2 is 1.64 bits per heavy atom. The highest BCUT2D eigenvalue weighted by Crippen LogP contribution is 2.30. The molecule has 3 N–H and O–H groups in total. The number of aliphatic hydroxyl groups excluding tert-OH is 1. The summed E-state index contributed by atoms with van der Waals surface area (Å²) < 4.78 is 61.2. The predicted octanol–water partition coefficient (Wildman–Crippen LogP) is 1.71. The molecular weight excluding hydrogens is 460 g/mol. The summed E-state index contributed by atoms with van der Waals surface area (Å²) in [4.78, 5) is 24.8. The average molecular weight is 483 g/mol. The molecule has 33 heavy (non-hydrogen) atoms. The van der Waals surface area contributed by atoms with Gasteiger partial charge in [0.15, 0.2) is 21.5 Å². The summed E-state index contributed by atoms with van der Waals surface area (Å²) in [5, 5.41) is 9.05. The quantitative estimate of drug-likeness (QED) is 0.313. The Morgan fingerprint density at radius 1 is 1.03 bits per heavy atom. The van der Waals surface area contributed by atoms with Crippen LogP contribution in [0.2, 0.25) is 0 Å². The molecule has 0 radical (unpaired) electrons. The molecule has 0 spiro atoms. The van der Waals surface area contributed by atoms with Crippen molar-refractivity contribution in [2.24, 2.45) is 5.73 Å². The van der Waals surface area contributed by atoms with Crippen LogP contribution >= 0.6 is 0 Å². The highest BCUT2D eigenvalue weighted by molar-refractivity contribution is 7.90. The van der Waals surface area contributed by atoms with Crippen molar-refractivity contribution in [2.75, 3.05) is 26.1 Å². The van der Waals surface area contributed by atoms with Gasteiger partial charge in [0.05, 0.1) is 23.7 Å². The predicted molar refractivity (Wildman–Crippen MR) is 115 cm³/mol. The largest absolute Gasteiger partial charge is 0.462 e. The van der Waals surface area contributed by atoms with Crippen molar-refractivity contribution in [3.05, 3.63) is 65.2 Å². The van der Waals surface area contributed by atoms with E-state index >= 15 is 0 Å². The molecule has 0 aliphatic rings. The van der Waals surface area contributed by atoms with Crippen LogP contribution in [-0.2, 0) is 28.9 Å². The number of esters is 2. The molecule has 2 aromatic carbocycles. The van der Waals surface area contributed by atoms with Gasteiger partial charge in [0, 0.05) is 11.8 Å². The molecule has 0 saturated heterocycles. The lowest BCUT2D eigenvalue weighted by Crippen LogP contribution is -2.35. The Labute approximate surface area is 189 Å². The number of hydrogen-bond donors (Lipinski definition) is 2. The smallest absolute Gasteiger partial charge is 0.339 e. The lowest BCUT2D eigenvalue weighted by molar-refractivity contribution is -0.144.